The van der Waals surface area contributed by atoms with E-state index >= 15 is 0 Å². The third kappa shape index (κ3) is 3.74. The average molecular weight is 309 g/mol. The second kappa shape index (κ2) is 6.31. The number of nitrogens with zero attached hydrogens (tertiary/aromatic N) is 2. The van der Waals surface area contributed by atoms with Crippen LogP contribution in [0.3, 0.4) is 0 Å². The van der Waals surface area contributed by atoms with Gasteiger partial charge < -0.3 is 16.4 Å². The number of rotatable bonds is 4. The van der Waals surface area contributed by atoms with E-state index in [1.807, 2.05) is 43.3 Å². The number of benzene rings is 2. The van der Waals surface area contributed by atoms with Crippen LogP contribution in [0, 0.1) is 12.7 Å². The molecular weight excluding hydrogens is 293 g/mol. The number of aromatic nitrogens is 2. The standard InChI is InChI=1S/C17H16FN5/c1-11-4-2-6-13(8-11)21-16-15(18)10-20-17(23-16)22-14-7-3-5-12(19)9-14/h2-10H,19H2,1H3,(H2,20,21,22,23). The van der Waals surface area contributed by atoms with Crippen LogP contribution in [0.2, 0.25) is 0 Å². The van der Waals surface area contributed by atoms with Crippen molar-refractivity contribution in [2.24, 2.45) is 0 Å². The lowest BCUT2D eigenvalue weighted by Gasteiger charge is -2.10. The first kappa shape index (κ1) is 14.8. The Hall–Kier alpha value is -3.15. The number of halogens is 1. The molecule has 0 fully saturated rings. The topological polar surface area (TPSA) is 75.9 Å². The van der Waals surface area contributed by atoms with Crippen molar-refractivity contribution in [3.63, 3.8) is 0 Å². The first-order valence-corrected chi connectivity index (χ1v) is 7.09. The molecular formula is C17H16FN5. The van der Waals surface area contributed by atoms with Crippen LogP contribution in [0.4, 0.5) is 33.2 Å². The summed E-state index contributed by atoms with van der Waals surface area (Å²) in [4.78, 5) is 8.12. The molecule has 6 heteroatoms. The fourth-order valence-corrected chi connectivity index (χ4v) is 2.12. The number of nitrogens with two attached hydrogens (primary N) is 1. The molecule has 1 heterocycles. The van der Waals surface area contributed by atoms with Crippen molar-refractivity contribution in [1.29, 1.82) is 0 Å². The van der Waals surface area contributed by atoms with E-state index in [1.54, 1.807) is 12.1 Å². The Balaban J connectivity index is 1.84. The van der Waals surface area contributed by atoms with Gasteiger partial charge in [0.15, 0.2) is 11.6 Å². The van der Waals surface area contributed by atoms with Gasteiger partial charge in [-0.25, -0.2) is 9.37 Å². The lowest BCUT2D eigenvalue weighted by atomic mass is 10.2. The van der Waals surface area contributed by atoms with Gasteiger partial charge in [0, 0.05) is 17.1 Å². The maximum absolute atomic E-state index is 13.9. The van der Waals surface area contributed by atoms with E-state index in [0.29, 0.717) is 5.69 Å². The molecule has 2 aromatic carbocycles. The summed E-state index contributed by atoms with van der Waals surface area (Å²) in [5.41, 5.74) is 8.92. The second-order valence-corrected chi connectivity index (χ2v) is 5.14. The number of nitrogen functional groups attached to an aromatic ring is 1. The summed E-state index contributed by atoms with van der Waals surface area (Å²) in [7, 11) is 0. The molecule has 0 saturated heterocycles. The molecule has 0 aliphatic rings. The van der Waals surface area contributed by atoms with Crippen LogP contribution in [0.5, 0.6) is 0 Å². The minimum Gasteiger partial charge on any atom is -0.399 e. The first-order chi connectivity index (χ1) is 11.1. The van der Waals surface area contributed by atoms with Crippen LogP contribution in [0.1, 0.15) is 5.56 Å². The van der Waals surface area contributed by atoms with E-state index in [0.717, 1.165) is 23.1 Å². The zero-order valence-electron chi connectivity index (χ0n) is 12.5. The molecule has 0 radical (unpaired) electrons. The molecule has 0 aliphatic heterocycles. The fraction of sp³-hybridized carbons (Fsp3) is 0.0588. The fourth-order valence-electron chi connectivity index (χ4n) is 2.12. The number of nitrogens with one attached hydrogen (secondary N) is 2. The average Bonchev–Trinajstić information content (AvgIpc) is 2.51. The normalized spacial score (nSPS) is 10.3. The Labute approximate surface area is 133 Å². The smallest absolute Gasteiger partial charge is 0.229 e. The summed E-state index contributed by atoms with van der Waals surface area (Å²) in [5, 5.41) is 5.96. The number of hydrogen-bond donors (Lipinski definition) is 3. The summed E-state index contributed by atoms with van der Waals surface area (Å²) >= 11 is 0. The number of hydrogen-bond acceptors (Lipinski definition) is 5. The maximum Gasteiger partial charge on any atom is 0.229 e. The van der Waals surface area contributed by atoms with Gasteiger partial charge in [-0.15, -0.1) is 0 Å². The Morgan fingerprint density at radius 3 is 2.48 bits per heavy atom. The van der Waals surface area contributed by atoms with Crippen LogP contribution in [-0.4, -0.2) is 9.97 Å². The lowest BCUT2D eigenvalue weighted by molar-refractivity contribution is 0.619. The van der Waals surface area contributed by atoms with Gasteiger partial charge in [0.05, 0.1) is 6.20 Å². The minimum absolute atomic E-state index is 0.108. The van der Waals surface area contributed by atoms with Crippen molar-refractivity contribution in [3.8, 4) is 0 Å². The highest BCUT2D eigenvalue weighted by molar-refractivity contribution is 5.62. The largest absolute Gasteiger partial charge is 0.399 e. The van der Waals surface area contributed by atoms with Crippen molar-refractivity contribution in [2.45, 2.75) is 6.92 Å². The molecule has 0 amide bonds. The molecule has 3 rings (SSSR count). The van der Waals surface area contributed by atoms with Crippen molar-refractivity contribution in [3.05, 3.63) is 66.1 Å². The zero-order valence-corrected chi connectivity index (χ0v) is 12.5. The predicted molar refractivity (Wildman–Crippen MR) is 90.6 cm³/mol. The summed E-state index contributed by atoms with van der Waals surface area (Å²) in [5.74, 6) is -0.131. The van der Waals surface area contributed by atoms with Crippen LogP contribution in [-0.2, 0) is 0 Å². The highest BCUT2D eigenvalue weighted by Crippen LogP contribution is 2.21. The molecule has 3 aromatic rings. The minimum atomic E-state index is -0.523. The van der Waals surface area contributed by atoms with E-state index in [1.165, 1.54) is 0 Å². The Morgan fingerprint density at radius 2 is 1.74 bits per heavy atom. The molecule has 23 heavy (non-hydrogen) atoms. The summed E-state index contributed by atoms with van der Waals surface area (Å²) in [6.07, 6.45) is 1.12. The Kier molecular flexibility index (Phi) is 4.05. The highest BCUT2D eigenvalue weighted by atomic mass is 19.1. The Bertz CT molecular complexity index is 835. The van der Waals surface area contributed by atoms with Gasteiger partial charge in [0.25, 0.3) is 0 Å². The van der Waals surface area contributed by atoms with Gasteiger partial charge in [-0.1, -0.05) is 18.2 Å². The summed E-state index contributed by atoms with van der Waals surface area (Å²) in [6, 6.07) is 14.8. The molecule has 0 aliphatic carbocycles. The highest BCUT2D eigenvalue weighted by Gasteiger charge is 2.08. The van der Waals surface area contributed by atoms with Crippen molar-refractivity contribution in [1.82, 2.24) is 9.97 Å². The maximum atomic E-state index is 13.9. The SMILES string of the molecule is Cc1cccc(Nc2nc(Nc3cccc(N)c3)ncc2F)c1. The molecule has 0 saturated carbocycles. The predicted octanol–water partition coefficient (Wildman–Crippen LogP) is 3.99. The Morgan fingerprint density at radius 1 is 1.00 bits per heavy atom. The van der Waals surface area contributed by atoms with Crippen molar-refractivity contribution in [2.75, 3.05) is 16.4 Å². The van der Waals surface area contributed by atoms with Crippen LogP contribution < -0.4 is 16.4 Å². The zero-order chi connectivity index (χ0) is 16.2. The van der Waals surface area contributed by atoms with Gasteiger partial charge in [-0.2, -0.15) is 4.98 Å². The molecule has 1 aromatic heterocycles. The van der Waals surface area contributed by atoms with E-state index in [-0.39, 0.29) is 11.8 Å². The molecule has 5 nitrogen and oxygen atoms in total. The van der Waals surface area contributed by atoms with E-state index in [4.69, 9.17) is 5.73 Å². The lowest BCUT2D eigenvalue weighted by Crippen LogP contribution is -2.03. The van der Waals surface area contributed by atoms with Gasteiger partial charge in [0.2, 0.25) is 5.95 Å². The quantitative estimate of drug-likeness (QED) is 0.635. The van der Waals surface area contributed by atoms with E-state index in [9.17, 15) is 4.39 Å². The summed E-state index contributed by atoms with van der Waals surface area (Å²) < 4.78 is 13.9. The van der Waals surface area contributed by atoms with Crippen LogP contribution >= 0.6 is 0 Å². The molecule has 116 valence electrons. The molecule has 4 N–H and O–H groups in total. The van der Waals surface area contributed by atoms with Gasteiger partial charge in [-0.3, -0.25) is 0 Å². The molecule has 0 spiro atoms. The third-order valence-corrected chi connectivity index (χ3v) is 3.17. The molecule has 0 bridgehead atoms. The second-order valence-electron chi connectivity index (χ2n) is 5.14. The number of anilines is 5. The van der Waals surface area contributed by atoms with Gasteiger partial charge in [-0.05, 0) is 42.8 Å². The number of aryl methyl sites for hydroxylation is 1. The monoisotopic (exact) mass is 309 g/mol. The third-order valence-electron chi connectivity index (χ3n) is 3.17. The molecule has 0 atom stereocenters. The first-order valence-electron chi connectivity index (χ1n) is 7.09. The van der Waals surface area contributed by atoms with Gasteiger partial charge >= 0.3 is 0 Å². The van der Waals surface area contributed by atoms with Crippen molar-refractivity contribution >= 4 is 28.8 Å². The summed E-state index contributed by atoms with van der Waals surface area (Å²) in [6.45, 7) is 1.97. The van der Waals surface area contributed by atoms with E-state index in [2.05, 4.69) is 20.6 Å². The van der Waals surface area contributed by atoms with E-state index < -0.39 is 5.82 Å². The van der Waals surface area contributed by atoms with Gasteiger partial charge in [0.1, 0.15) is 0 Å². The molecule has 0 unspecified atom stereocenters. The van der Waals surface area contributed by atoms with Crippen LogP contribution in [0.25, 0.3) is 0 Å². The van der Waals surface area contributed by atoms with Crippen LogP contribution in [0.15, 0.2) is 54.7 Å². The van der Waals surface area contributed by atoms with Crippen molar-refractivity contribution < 1.29 is 4.39 Å².